The summed E-state index contributed by atoms with van der Waals surface area (Å²) in [5.74, 6) is 0. The Bertz CT molecular complexity index is 3810. The molecule has 0 unspecified atom stereocenters. The van der Waals surface area contributed by atoms with Gasteiger partial charge in [-0.1, -0.05) is 128 Å². The van der Waals surface area contributed by atoms with Gasteiger partial charge in [-0.25, -0.2) is 0 Å². The first-order valence-electron chi connectivity index (χ1n) is 27.7. The number of aryl methyl sites for hydroxylation is 3. The molecule has 0 bridgehead atoms. The molecule has 0 spiro atoms. The van der Waals surface area contributed by atoms with Crippen molar-refractivity contribution in [2.24, 2.45) is 0 Å². The summed E-state index contributed by atoms with van der Waals surface area (Å²) in [4.78, 5) is 7.19. The van der Waals surface area contributed by atoms with Crippen molar-refractivity contribution in [1.29, 1.82) is 0 Å². The lowest BCUT2D eigenvalue weighted by atomic mass is 9.33. The molecule has 4 nitrogen and oxygen atoms in total. The van der Waals surface area contributed by atoms with Crippen molar-refractivity contribution >= 4 is 96.2 Å². The molecule has 0 fully saturated rings. The van der Waals surface area contributed by atoms with E-state index >= 15 is 0 Å². The van der Waals surface area contributed by atoms with Crippen molar-refractivity contribution in [1.82, 2.24) is 0 Å². The van der Waals surface area contributed by atoms with Gasteiger partial charge in [-0.05, 0) is 196 Å². The van der Waals surface area contributed by atoms with Crippen molar-refractivity contribution in [2.45, 2.75) is 123 Å². The van der Waals surface area contributed by atoms with Gasteiger partial charge in [0.15, 0.2) is 0 Å². The Morgan fingerprint density at radius 2 is 1.00 bits per heavy atom. The highest BCUT2D eigenvalue weighted by Crippen LogP contribution is 2.53. The van der Waals surface area contributed by atoms with E-state index in [1.54, 1.807) is 0 Å². The lowest BCUT2D eigenvalue weighted by molar-refractivity contribution is 0.332. The predicted molar refractivity (Wildman–Crippen MR) is 307 cm³/mol. The van der Waals surface area contributed by atoms with Gasteiger partial charge < -0.3 is 19.1 Å². The van der Waals surface area contributed by atoms with Crippen LogP contribution in [0, 0.1) is 20.7 Å². The molecule has 4 aliphatic rings. The number of fused-ring (bicyclic) bond motifs is 9. The smallest absolute Gasteiger partial charge is 0.252 e. The van der Waals surface area contributed by atoms with E-state index in [1.165, 1.54) is 27.7 Å². The molecule has 3 heterocycles. The van der Waals surface area contributed by atoms with Crippen LogP contribution in [0.2, 0.25) is 0 Å². The van der Waals surface area contributed by atoms with Gasteiger partial charge in [-0.15, -0.1) is 0 Å². The number of nitrogens with zero attached hydrogens (tertiary/aromatic N) is 3. The molecule has 0 N–H and O–H groups in total. The Hall–Kier alpha value is -6.98. The summed E-state index contributed by atoms with van der Waals surface area (Å²) in [5, 5.41) is 2.10. The zero-order chi connectivity index (χ0) is 52.3. The van der Waals surface area contributed by atoms with E-state index in [9.17, 15) is 4.11 Å². The summed E-state index contributed by atoms with van der Waals surface area (Å²) >= 11 is 0. The first kappa shape index (κ1) is 41.6. The standard InChI is InChI=1S/C67H66BN3O/c1-41-34-59-63-60(35-41)71(46-24-27-48-47-20-14-17-23-61(47)72-62(48)38-46)57-37-45(69(55-21-15-12-18-42(55)2)56-22-16-13-19-43(56)3)26-29-53(57)68(63)54-39-51-52(67(10,11)33-32-66(51,8)9)40-58(54)70(59)44-25-28-49-50(36-44)65(6,7)31-30-64(49,4)5/h12-29,34-40H,30-33H2,1-11H3/i1D3. The quantitative estimate of drug-likeness (QED) is 0.160. The third-order valence-corrected chi connectivity index (χ3v) is 17.7. The monoisotopic (exact) mass is 943 g/mol. The summed E-state index contributed by atoms with van der Waals surface area (Å²) in [7, 11) is 0. The van der Waals surface area contributed by atoms with Gasteiger partial charge in [0.05, 0.1) is 0 Å². The molecule has 2 aliphatic heterocycles. The van der Waals surface area contributed by atoms with Gasteiger partial charge in [0, 0.05) is 72.1 Å². The minimum Gasteiger partial charge on any atom is -0.456 e. The topological polar surface area (TPSA) is 22.9 Å². The summed E-state index contributed by atoms with van der Waals surface area (Å²) in [5.41, 5.74) is 22.1. The number of para-hydroxylation sites is 3. The fraction of sp³-hybridized carbons (Fsp3) is 0.284. The highest BCUT2D eigenvalue weighted by Gasteiger charge is 2.47. The Labute approximate surface area is 431 Å². The summed E-state index contributed by atoms with van der Waals surface area (Å²) in [6.07, 6.45) is 4.38. The third-order valence-electron chi connectivity index (χ3n) is 17.7. The molecule has 9 aromatic rings. The molecule has 0 atom stereocenters. The van der Waals surface area contributed by atoms with Crippen LogP contribution in [0.25, 0.3) is 21.9 Å². The van der Waals surface area contributed by atoms with Crippen molar-refractivity contribution in [3.05, 3.63) is 191 Å². The maximum absolute atomic E-state index is 9.27. The van der Waals surface area contributed by atoms with E-state index in [4.69, 9.17) is 4.42 Å². The van der Waals surface area contributed by atoms with E-state index in [2.05, 4.69) is 211 Å². The Kier molecular flexibility index (Phi) is 8.97. The zero-order valence-corrected chi connectivity index (χ0v) is 43.6. The molecule has 5 heteroatoms. The predicted octanol–water partition coefficient (Wildman–Crippen LogP) is 16.8. The molecule has 8 aromatic carbocycles. The maximum Gasteiger partial charge on any atom is 0.252 e. The number of benzene rings is 8. The molecular weight excluding hydrogens is 874 g/mol. The average molecular weight is 943 g/mol. The van der Waals surface area contributed by atoms with E-state index in [0.29, 0.717) is 5.56 Å². The normalized spacial score (nSPS) is 18.3. The lowest BCUT2D eigenvalue weighted by Gasteiger charge is -2.48. The fourth-order valence-corrected chi connectivity index (χ4v) is 13.3. The SMILES string of the molecule is [2H]C([2H])([2H])c1cc2c3c(c1)N(c1ccc4c(c1)C(C)(C)CCC4(C)C)c1cc4c(cc1B3c1ccc(N(c3ccccc3C)c3ccccc3C)cc1N2c1ccc2c(c1)oc1ccccc12)C(C)(C)CCC4(C)C. The first-order valence-corrected chi connectivity index (χ1v) is 26.2. The van der Waals surface area contributed by atoms with Crippen LogP contribution in [0.1, 0.15) is 124 Å². The minimum absolute atomic E-state index is 0.0291. The van der Waals surface area contributed by atoms with E-state index in [0.717, 1.165) is 121 Å². The van der Waals surface area contributed by atoms with Gasteiger partial charge in [0.2, 0.25) is 0 Å². The minimum atomic E-state index is -2.42. The van der Waals surface area contributed by atoms with Crippen molar-refractivity contribution < 1.29 is 8.53 Å². The van der Waals surface area contributed by atoms with E-state index < -0.39 is 6.85 Å². The Morgan fingerprint density at radius 1 is 0.472 bits per heavy atom. The molecular formula is C67H66BN3O. The molecule has 0 saturated heterocycles. The average Bonchev–Trinajstić information content (AvgIpc) is 3.86. The van der Waals surface area contributed by atoms with Crippen LogP contribution in [-0.4, -0.2) is 6.71 Å². The van der Waals surface area contributed by atoms with E-state index in [1.807, 2.05) is 24.3 Å². The first-order chi connectivity index (χ1) is 35.6. The Balaban J connectivity index is 1.16. The second kappa shape index (κ2) is 15.5. The van der Waals surface area contributed by atoms with Crippen LogP contribution >= 0.6 is 0 Å². The third kappa shape index (κ3) is 6.64. The molecule has 0 radical (unpaired) electrons. The van der Waals surface area contributed by atoms with Crippen LogP contribution < -0.4 is 31.1 Å². The molecule has 72 heavy (non-hydrogen) atoms. The molecule has 2 aliphatic carbocycles. The van der Waals surface area contributed by atoms with Crippen LogP contribution in [0.3, 0.4) is 0 Å². The van der Waals surface area contributed by atoms with Gasteiger partial charge in [-0.2, -0.15) is 0 Å². The van der Waals surface area contributed by atoms with Crippen molar-refractivity contribution in [3.63, 3.8) is 0 Å². The molecule has 0 saturated carbocycles. The number of furan rings is 1. The molecule has 0 amide bonds. The van der Waals surface area contributed by atoms with Gasteiger partial charge >= 0.3 is 0 Å². The van der Waals surface area contributed by atoms with Gasteiger partial charge in [0.1, 0.15) is 11.2 Å². The maximum atomic E-state index is 9.27. The number of rotatable bonds is 5. The number of hydrogen-bond donors (Lipinski definition) is 0. The summed E-state index contributed by atoms with van der Waals surface area (Å²) in [6, 6.07) is 55.2. The Morgan fingerprint density at radius 3 is 1.64 bits per heavy atom. The molecule has 13 rings (SSSR count). The van der Waals surface area contributed by atoms with Crippen LogP contribution in [0.4, 0.5) is 51.2 Å². The van der Waals surface area contributed by atoms with Crippen LogP contribution in [0.5, 0.6) is 0 Å². The largest absolute Gasteiger partial charge is 0.456 e. The number of anilines is 9. The summed E-state index contributed by atoms with van der Waals surface area (Å²) in [6.45, 7) is 20.9. The van der Waals surface area contributed by atoms with Crippen molar-refractivity contribution in [3.8, 4) is 0 Å². The fourth-order valence-electron chi connectivity index (χ4n) is 13.3. The number of hydrogen-bond acceptors (Lipinski definition) is 4. The molecule has 1 aromatic heterocycles. The molecule has 358 valence electrons. The van der Waals surface area contributed by atoms with Gasteiger partial charge in [-0.3, -0.25) is 0 Å². The van der Waals surface area contributed by atoms with Gasteiger partial charge in [0.25, 0.3) is 6.71 Å². The summed E-state index contributed by atoms with van der Waals surface area (Å²) < 4.78 is 34.5. The van der Waals surface area contributed by atoms with Crippen LogP contribution in [0.15, 0.2) is 156 Å². The zero-order valence-electron chi connectivity index (χ0n) is 46.6. The highest BCUT2D eigenvalue weighted by molar-refractivity contribution is 7.00. The second-order valence-corrected chi connectivity index (χ2v) is 24.2. The van der Waals surface area contributed by atoms with Crippen molar-refractivity contribution in [2.75, 3.05) is 14.7 Å². The van der Waals surface area contributed by atoms with Crippen LogP contribution in [-0.2, 0) is 21.7 Å². The lowest BCUT2D eigenvalue weighted by Crippen LogP contribution is -2.62. The highest BCUT2D eigenvalue weighted by atomic mass is 16.3. The van der Waals surface area contributed by atoms with E-state index in [-0.39, 0.29) is 28.4 Å². The second-order valence-electron chi connectivity index (χ2n) is 24.2.